The Morgan fingerprint density at radius 2 is 2.28 bits per heavy atom. The van der Waals surface area contributed by atoms with Crippen LogP contribution in [-0.4, -0.2) is 26.5 Å². The quantitative estimate of drug-likeness (QED) is 0.778. The van der Waals surface area contributed by atoms with Gasteiger partial charge in [0, 0.05) is 11.6 Å². The van der Waals surface area contributed by atoms with Gasteiger partial charge in [-0.25, -0.2) is 4.39 Å². The van der Waals surface area contributed by atoms with Crippen LogP contribution in [0.3, 0.4) is 0 Å². The predicted octanol–water partition coefficient (Wildman–Crippen LogP) is 0.668. The molecule has 0 saturated carbocycles. The number of carbonyl (C=O) groups excluding carboxylic acids is 1. The second-order valence-electron chi connectivity index (χ2n) is 3.40. The molecule has 0 aliphatic carbocycles. The Kier molecular flexibility index (Phi) is 3.75. The summed E-state index contributed by atoms with van der Waals surface area (Å²) in [6.07, 6.45) is 2.65. The van der Waals surface area contributed by atoms with E-state index in [1.165, 1.54) is 18.2 Å². The van der Waals surface area contributed by atoms with Gasteiger partial charge in [0.15, 0.2) is 5.82 Å². The number of carbonyl (C=O) groups is 1. The summed E-state index contributed by atoms with van der Waals surface area (Å²) in [6, 6.07) is 6.19. The molecule has 6 nitrogen and oxygen atoms in total. The van der Waals surface area contributed by atoms with Crippen molar-refractivity contribution in [1.29, 1.82) is 0 Å². The van der Waals surface area contributed by atoms with Gasteiger partial charge in [0.1, 0.15) is 5.82 Å². The fourth-order valence-corrected chi connectivity index (χ4v) is 1.26. The van der Waals surface area contributed by atoms with E-state index in [-0.39, 0.29) is 18.3 Å². The molecule has 0 saturated heterocycles. The topological polar surface area (TPSA) is 83.6 Å². The molecule has 0 aliphatic heterocycles. The highest BCUT2D eigenvalue weighted by molar-refractivity contribution is 5.91. The Bertz CT molecular complexity index is 552. The Labute approximate surface area is 102 Å². The van der Waals surface area contributed by atoms with Gasteiger partial charge in [0.2, 0.25) is 5.91 Å². The monoisotopic (exact) mass is 247 g/mol. The zero-order chi connectivity index (χ0) is 12.8. The number of aromatic nitrogens is 4. The van der Waals surface area contributed by atoms with Crippen molar-refractivity contribution in [2.45, 2.75) is 6.54 Å². The molecule has 18 heavy (non-hydrogen) atoms. The van der Waals surface area contributed by atoms with E-state index in [0.29, 0.717) is 11.4 Å². The first-order chi connectivity index (χ1) is 8.75. The van der Waals surface area contributed by atoms with E-state index < -0.39 is 0 Å². The van der Waals surface area contributed by atoms with Crippen LogP contribution < -0.4 is 5.32 Å². The van der Waals surface area contributed by atoms with Gasteiger partial charge in [-0.1, -0.05) is 23.4 Å². The Balaban J connectivity index is 1.89. The van der Waals surface area contributed by atoms with Crippen LogP contribution in [0.15, 0.2) is 30.3 Å². The van der Waals surface area contributed by atoms with Gasteiger partial charge in [-0.05, 0) is 12.1 Å². The van der Waals surface area contributed by atoms with Crippen LogP contribution in [0.1, 0.15) is 11.4 Å². The average molecular weight is 247 g/mol. The molecular weight excluding hydrogens is 237 g/mol. The highest BCUT2D eigenvalue weighted by Gasteiger charge is 2.01. The molecule has 0 bridgehead atoms. The molecule has 92 valence electrons. The summed E-state index contributed by atoms with van der Waals surface area (Å²) in [6.45, 7) is 0.164. The standard InChI is InChI=1S/C11H10FN5O/c12-9-4-2-1-3-8(9)5-6-11(18)13-7-10-14-16-17-15-10/h1-6H,7H2,(H,13,18)(H,14,15,16,17). The smallest absolute Gasteiger partial charge is 0.244 e. The average Bonchev–Trinajstić information content (AvgIpc) is 2.88. The lowest BCUT2D eigenvalue weighted by molar-refractivity contribution is -0.116. The summed E-state index contributed by atoms with van der Waals surface area (Å²) in [5, 5.41) is 15.5. The number of tetrazole rings is 1. The highest BCUT2D eigenvalue weighted by Crippen LogP contribution is 2.07. The van der Waals surface area contributed by atoms with E-state index in [1.54, 1.807) is 18.2 Å². The van der Waals surface area contributed by atoms with E-state index in [2.05, 4.69) is 25.9 Å². The second-order valence-corrected chi connectivity index (χ2v) is 3.40. The molecule has 0 atom stereocenters. The van der Waals surface area contributed by atoms with E-state index in [9.17, 15) is 9.18 Å². The van der Waals surface area contributed by atoms with Crippen molar-refractivity contribution in [2.24, 2.45) is 0 Å². The minimum absolute atomic E-state index is 0.164. The van der Waals surface area contributed by atoms with Crippen molar-refractivity contribution in [3.05, 3.63) is 47.5 Å². The molecule has 0 fully saturated rings. The summed E-state index contributed by atoms with van der Waals surface area (Å²) >= 11 is 0. The lowest BCUT2D eigenvalue weighted by Gasteiger charge is -1.97. The van der Waals surface area contributed by atoms with E-state index >= 15 is 0 Å². The van der Waals surface area contributed by atoms with Crippen molar-refractivity contribution in [1.82, 2.24) is 25.9 Å². The number of rotatable bonds is 4. The maximum absolute atomic E-state index is 13.2. The Morgan fingerprint density at radius 1 is 1.44 bits per heavy atom. The normalized spacial score (nSPS) is 10.7. The molecule has 2 N–H and O–H groups in total. The molecule has 2 aromatic rings. The third-order valence-corrected chi connectivity index (χ3v) is 2.13. The maximum atomic E-state index is 13.2. The number of hydrogen-bond donors (Lipinski definition) is 2. The highest BCUT2D eigenvalue weighted by atomic mass is 19.1. The summed E-state index contributed by atoms with van der Waals surface area (Å²) < 4.78 is 13.2. The third-order valence-electron chi connectivity index (χ3n) is 2.13. The van der Waals surface area contributed by atoms with Crippen LogP contribution in [0.4, 0.5) is 4.39 Å². The summed E-state index contributed by atoms with van der Waals surface area (Å²) in [4.78, 5) is 11.4. The van der Waals surface area contributed by atoms with Gasteiger partial charge in [-0.3, -0.25) is 4.79 Å². The number of nitrogens with zero attached hydrogens (tertiary/aromatic N) is 3. The third kappa shape index (κ3) is 3.21. The SMILES string of the molecule is O=C(C=Cc1ccccc1F)NCc1nn[nH]n1. The van der Waals surface area contributed by atoms with Crippen LogP contribution in [-0.2, 0) is 11.3 Å². The Hall–Kier alpha value is -2.57. The van der Waals surface area contributed by atoms with Crippen molar-refractivity contribution in [2.75, 3.05) is 0 Å². The van der Waals surface area contributed by atoms with Crippen molar-refractivity contribution in [3.63, 3.8) is 0 Å². The number of halogens is 1. The fourth-order valence-electron chi connectivity index (χ4n) is 1.26. The molecule has 0 aliphatic rings. The molecule has 7 heteroatoms. The molecule has 1 heterocycles. The van der Waals surface area contributed by atoms with Crippen LogP contribution in [0, 0.1) is 5.82 Å². The predicted molar refractivity (Wildman–Crippen MR) is 61.5 cm³/mol. The zero-order valence-electron chi connectivity index (χ0n) is 9.30. The maximum Gasteiger partial charge on any atom is 0.244 e. The van der Waals surface area contributed by atoms with E-state index in [4.69, 9.17) is 0 Å². The van der Waals surface area contributed by atoms with E-state index in [1.807, 2.05) is 0 Å². The molecule has 1 aromatic carbocycles. The first-order valence-corrected chi connectivity index (χ1v) is 5.18. The first-order valence-electron chi connectivity index (χ1n) is 5.18. The number of amides is 1. The lowest BCUT2D eigenvalue weighted by atomic mass is 10.2. The largest absolute Gasteiger partial charge is 0.345 e. The number of hydrogen-bond acceptors (Lipinski definition) is 4. The number of H-pyrrole nitrogens is 1. The van der Waals surface area contributed by atoms with Crippen LogP contribution in [0.25, 0.3) is 6.08 Å². The molecule has 1 aromatic heterocycles. The zero-order valence-corrected chi connectivity index (χ0v) is 9.30. The fraction of sp³-hybridized carbons (Fsp3) is 0.0909. The first kappa shape index (κ1) is 11.9. The van der Waals surface area contributed by atoms with Crippen LogP contribution in [0.2, 0.25) is 0 Å². The number of aromatic amines is 1. The van der Waals surface area contributed by atoms with Gasteiger partial charge < -0.3 is 5.32 Å². The van der Waals surface area contributed by atoms with E-state index in [0.717, 1.165) is 0 Å². The number of benzene rings is 1. The van der Waals surface area contributed by atoms with Gasteiger partial charge in [-0.2, -0.15) is 5.21 Å². The summed E-state index contributed by atoms with van der Waals surface area (Å²) in [5.41, 5.74) is 0.354. The minimum atomic E-state index is -0.375. The molecule has 1 amide bonds. The van der Waals surface area contributed by atoms with Crippen molar-refractivity contribution in [3.8, 4) is 0 Å². The van der Waals surface area contributed by atoms with Crippen molar-refractivity contribution >= 4 is 12.0 Å². The summed E-state index contributed by atoms with van der Waals surface area (Å²) in [7, 11) is 0. The van der Waals surface area contributed by atoms with Crippen LogP contribution in [0.5, 0.6) is 0 Å². The minimum Gasteiger partial charge on any atom is -0.345 e. The van der Waals surface area contributed by atoms with Crippen molar-refractivity contribution < 1.29 is 9.18 Å². The molecule has 0 radical (unpaired) electrons. The van der Waals surface area contributed by atoms with Gasteiger partial charge >= 0.3 is 0 Å². The van der Waals surface area contributed by atoms with Crippen LogP contribution >= 0.6 is 0 Å². The molecule has 0 spiro atoms. The molecular formula is C11H10FN5O. The van der Waals surface area contributed by atoms with Gasteiger partial charge in [0.25, 0.3) is 0 Å². The molecule has 0 unspecified atom stereocenters. The summed E-state index contributed by atoms with van der Waals surface area (Å²) in [5.74, 6) is -0.356. The molecule has 2 rings (SSSR count). The second kappa shape index (κ2) is 5.67. The lowest BCUT2D eigenvalue weighted by Crippen LogP contribution is -2.21. The number of nitrogens with one attached hydrogen (secondary N) is 2. The Morgan fingerprint density at radius 3 is 3.00 bits per heavy atom. The van der Waals surface area contributed by atoms with Gasteiger partial charge in [-0.15, -0.1) is 10.2 Å². The van der Waals surface area contributed by atoms with Gasteiger partial charge in [0.05, 0.1) is 6.54 Å².